The monoisotopic (exact) mass is 347 g/mol. The molecule has 0 unspecified atom stereocenters. The lowest BCUT2D eigenvalue weighted by molar-refractivity contribution is -0.274. The molecule has 0 spiro atoms. The summed E-state index contributed by atoms with van der Waals surface area (Å²) in [5.41, 5.74) is 2.56. The van der Waals surface area contributed by atoms with E-state index in [1.165, 1.54) is 18.2 Å². The normalized spacial score (nSPS) is 13.4. The molecule has 2 aromatic rings. The van der Waals surface area contributed by atoms with Crippen LogP contribution in [-0.4, -0.2) is 16.8 Å². The van der Waals surface area contributed by atoms with Gasteiger partial charge in [-0.25, -0.2) is 5.43 Å². The number of benzene rings is 1. The molecule has 0 aliphatic heterocycles. The van der Waals surface area contributed by atoms with Gasteiger partial charge in [0, 0.05) is 12.5 Å². The fourth-order valence-corrected chi connectivity index (χ4v) is 2.69. The van der Waals surface area contributed by atoms with Gasteiger partial charge in [0.05, 0.1) is 10.2 Å². The molecule has 9 heteroatoms. The van der Waals surface area contributed by atoms with Gasteiger partial charge >= 0.3 is 6.36 Å². The number of rotatable bonds is 2. The molecule has 0 bridgehead atoms. The number of halogens is 3. The Morgan fingerprint density at radius 2 is 1.96 bits per heavy atom. The van der Waals surface area contributed by atoms with Gasteiger partial charge in [-0.05, 0) is 18.2 Å². The van der Waals surface area contributed by atoms with Crippen LogP contribution in [0.3, 0.4) is 0 Å². The first-order valence-corrected chi connectivity index (χ1v) is 7.48. The van der Waals surface area contributed by atoms with Crippen LogP contribution in [0.4, 0.5) is 13.2 Å². The summed E-state index contributed by atoms with van der Waals surface area (Å²) in [7, 11) is 1.71. The highest BCUT2D eigenvalue weighted by Crippen LogP contribution is 2.27. The van der Waals surface area contributed by atoms with E-state index < -0.39 is 11.8 Å². The van der Waals surface area contributed by atoms with E-state index in [4.69, 9.17) is 0 Å². The number of amides is 1. The van der Waals surface area contributed by atoms with Crippen LogP contribution < -0.4 is 15.0 Å². The number of ether oxygens (including phenoxy) is 1. The molecule has 1 aromatic carbocycles. The number of aromatic nitrogens is 1. The van der Waals surface area contributed by atoms with Crippen molar-refractivity contribution in [2.45, 2.75) is 27.1 Å². The second kappa shape index (κ2) is 5.88. The molecule has 1 N–H and O–H groups in total. The highest BCUT2D eigenvalue weighted by atomic mass is 32.1. The Labute approximate surface area is 134 Å². The molecule has 5 nitrogen and oxygen atoms in total. The smallest absolute Gasteiger partial charge is 0.406 e. The Bertz CT molecular complexity index is 800. The average molecular weight is 347 g/mol. The molecule has 0 aliphatic rings. The molecule has 126 valence electrons. The number of carbonyl (C=O) groups excluding carboxylic acids is 1. The van der Waals surface area contributed by atoms with E-state index in [0.717, 1.165) is 11.3 Å². The number of fused-ring (bicyclic) bond motifs is 1. The molecule has 0 saturated carbocycles. The minimum atomic E-state index is -4.74. The van der Waals surface area contributed by atoms with Gasteiger partial charge in [-0.2, -0.15) is 0 Å². The minimum absolute atomic E-state index is 0.254. The van der Waals surface area contributed by atoms with Gasteiger partial charge in [0.25, 0.3) is 0 Å². The maximum Gasteiger partial charge on any atom is 0.573 e. The van der Waals surface area contributed by atoms with Crippen molar-refractivity contribution in [3.05, 3.63) is 23.0 Å². The van der Waals surface area contributed by atoms with Crippen LogP contribution in [0.1, 0.15) is 20.8 Å². The van der Waals surface area contributed by atoms with Crippen LogP contribution >= 0.6 is 11.3 Å². The number of alkyl halides is 3. The van der Waals surface area contributed by atoms with E-state index in [0.29, 0.717) is 15.0 Å². The molecule has 0 atom stereocenters. The third kappa shape index (κ3) is 4.25. The van der Waals surface area contributed by atoms with Gasteiger partial charge in [0.15, 0.2) is 0 Å². The van der Waals surface area contributed by atoms with Crippen LogP contribution in [-0.2, 0) is 11.8 Å². The van der Waals surface area contributed by atoms with E-state index >= 15 is 0 Å². The largest absolute Gasteiger partial charge is 0.573 e. The predicted molar refractivity (Wildman–Crippen MR) is 80.6 cm³/mol. The summed E-state index contributed by atoms with van der Waals surface area (Å²) < 4.78 is 42.9. The van der Waals surface area contributed by atoms with Crippen molar-refractivity contribution in [3.63, 3.8) is 0 Å². The van der Waals surface area contributed by atoms with Gasteiger partial charge in [0.1, 0.15) is 5.75 Å². The van der Waals surface area contributed by atoms with Crippen LogP contribution in [0.25, 0.3) is 10.2 Å². The molecule has 23 heavy (non-hydrogen) atoms. The molecular weight excluding hydrogens is 331 g/mol. The number of hydrogen-bond acceptors (Lipinski definition) is 4. The van der Waals surface area contributed by atoms with E-state index in [2.05, 4.69) is 15.3 Å². The third-order valence-electron chi connectivity index (χ3n) is 2.95. The molecule has 0 radical (unpaired) electrons. The second-order valence-corrected chi connectivity index (χ2v) is 6.93. The Morgan fingerprint density at radius 3 is 2.52 bits per heavy atom. The van der Waals surface area contributed by atoms with Gasteiger partial charge in [-0.1, -0.05) is 32.1 Å². The van der Waals surface area contributed by atoms with E-state index in [-0.39, 0.29) is 11.7 Å². The van der Waals surface area contributed by atoms with Crippen LogP contribution in [0.15, 0.2) is 23.3 Å². The lowest BCUT2D eigenvalue weighted by Crippen LogP contribution is -2.33. The number of carbonyl (C=O) groups is 1. The number of thiazole rings is 1. The molecular formula is C14H16F3N3O2S. The zero-order chi connectivity index (χ0) is 17.4. The van der Waals surface area contributed by atoms with Gasteiger partial charge in [-0.3, -0.25) is 4.79 Å². The summed E-state index contributed by atoms with van der Waals surface area (Å²) >= 11 is 1.15. The SMILES string of the molecule is Cn1/c(=N\NC(=O)C(C)(C)C)sc2cc(OC(F)(F)F)ccc21. The molecule has 1 heterocycles. The number of nitrogens with zero attached hydrogens (tertiary/aromatic N) is 2. The summed E-state index contributed by atoms with van der Waals surface area (Å²) in [5.74, 6) is -0.548. The third-order valence-corrected chi connectivity index (χ3v) is 4.04. The number of hydrogen-bond donors (Lipinski definition) is 1. The Hall–Kier alpha value is -2.03. The van der Waals surface area contributed by atoms with Crippen molar-refractivity contribution in [2.75, 3.05) is 0 Å². The van der Waals surface area contributed by atoms with Crippen LogP contribution in [0, 0.1) is 5.41 Å². The van der Waals surface area contributed by atoms with Crippen molar-refractivity contribution in [3.8, 4) is 5.75 Å². The molecule has 0 saturated heterocycles. The summed E-state index contributed by atoms with van der Waals surface area (Å²) in [5, 5.41) is 4.03. The summed E-state index contributed by atoms with van der Waals surface area (Å²) in [6.07, 6.45) is -4.74. The first kappa shape index (κ1) is 17.3. The Kier molecular flexibility index (Phi) is 4.43. The summed E-state index contributed by atoms with van der Waals surface area (Å²) in [6.45, 7) is 5.26. The van der Waals surface area contributed by atoms with E-state index in [1.54, 1.807) is 32.4 Å². The van der Waals surface area contributed by atoms with Crippen molar-refractivity contribution >= 4 is 27.5 Å². The second-order valence-electron chi connectivity index (χ2n) is 5.92. The van der Waals surface area contributed by atoms with Gasteiger partial charge < -0.3 is 9.30 Å². The highest BCUT2D eigenvalue weighted by Gasteiger charge is 2.31. The summed E-state index contributed by atoms with van der Waals surface area (Å²) in [6, 6.07) is 4.04. The number of aryl methyl sites for hydroxylation is 1. The van der Waals surface area contributed by atoms with Crippen molar-refractivity contribution < 1.29 is 22.7 Å². The molecule has 0 aliphatic carbocycles. The van der Waals surface area contributed by atoms with Crippen molar-refractivity contribution in [1.29, 1.82) is 0 Å². The zero-order valence-electron chi connectivity index (χ0n) is 13.0. The fourth-order valence-electron chi connectivity index (χ4n) is 1.68. The maximum absolute atomic E-state index is 12.3. The van der Waals surface area contributed by atoms with Crippen molar-refractivity contribution in [2.24, 2.45) is 17.6 Å². The Balaban J connectivity index is 2.36. The van der Waals surface area contributed by atoms with E-state index in [1.807, 2.05) is 0 Å². The Morgan fingerprint density at radius 1 is 1.30 bits per heavy atom. The predicted octanol–water partition coefficient (Wildman–Crippen LogP) is 3.12. The molecule has 1 amide bonds. The highest BCUT2D eigenvalue weighted by molar-refractivity contribution is 7.16. The zero-order valence-corrected chi connectivity index (χ0v) is 13.8. The standard InChI is InChI=1S/C14H16F3N3O2S/c1-13(2,3)11(21)18-19-12-20(4)9-6-5-8(7-10(9)23-12)22-14(15,16)17/h5-7H,1-4H3,(H,18,21)/b19-12+. The maximum atomic E-state index is 12.3. The number of nitrogens with one attached hydrogen (secondary N) is 1. The first-order chi connectivity index (χ1) is 10.5. The topological polar surface area (TPSA) is 55.6 Å². The fraction of sp³-hybridized carbons (Fsp3) is 0.429. The van der Waals surface area contributed by atoms with E-state index in [9.17, 15) is 18.0 Å². The average Bonchev–Trinajstić information content (AvgIpc) is 2.69. The van der Waals surface area contributed by atoms with Crippen LogP contribution in [0.2, 0.25) is 0 Å². The molecule has 0 fully saturated rings. The molecule has 1 aromatic heterocycles. The van der Waals surface area contributed by atoms with Gasteiger partial charge in [0.2, 0.25) is 10.7 Å². The lowest BCUT2D eigenvalue weighted by Gasteiger charge is -2.14. The quantitative estimate of drug-likeness (QED) is 0.849. The van der Waals surface area contributed by atoms with Crippen molar-refractivity contribution in [1.82, 2.24) is 9.99 Å². The lowest BCUT2D eigenvalue weighted by atomic mass is 9.96. The first-order valence-electron chi connectivity index (χ1n) is 6.67. The summed E-state index contributed by atoms with van der Waals surface area (Å²) in [4.78, 5) is 12.3. The van der Waals surface area contributed by atoms with Gasteiger partial charge in [-0.15, -0.1) is 18.3 Å². The minimum Gasteiger partial charge on any atom is -0.406 e. The van der Waals surface area contributed by atoms with Crippen LogP contribution in [0.5, 0.6) is 5.75 Å². The molecule has 2 rings (SSSR count).